The Labute approximate surface area is 117 Å². The largest absolute Gasteiger partial charge is 0.341 e. The fraction of sp³-hybridized carbons (Fsp3) is 0.615. The number of thiophene rings is 1. The molecule has 1 aromatic rings. The van der Waals surface area contributed by atoms with Crippen LogP contribution in [0.5, 0.6) is 0 Å². The average Bonchev–Trinajstić information content (AvgIpc) is 2.96. The second-order valence-electron chi connectivity index (χ2n) is 4.92. The molecule has 1 aromatic heterocycles. The molecule has 1 amide bonds. The molecule has 1 atom stereocenters. The monoisotopic (exact) mass is 284 g/mol. The van der Waals surface area contributed by atoms with E-state index in [0.29, 0.717) is 5.92 Å². The van der Waals surface area contributed by atoms with Crippen molar-refractivity contribution in [1.82, 2.24) is 9.80 Å². The van der Waals surface area contributed by atoms with Gasteiger partial charge in [-0.25, -0.2) is 0 Å². The summed E-state index contributed by atoms with van der Waals surface area (Å²) in [5.74, 6) is 0.797. The lowest BCUT2D eigenvalue weighted by Crippen LogP contribution is -2.32. The predicted octanol–water partition coefficient (Wildman–Crippen LogP) is 2.49. The van der Waals surface area contributed by atoms with Crippen LogP contribution in [0.25, 0.3) is 0 Å². The quantitative estimate of drug-likeness (QED) is 0.794. The molecule has 5 heteroatoms. The molecule has 1 aliphatic rings. The third-order valence-electron chi connectivity index (χ3n) is 3.41. The number of hydrogen-bond acceptors (Lipinski definition) is 4. The van der Waals surface area contributed by atoms with Crippen molar-refractivity contribution in [1.29, 1.82) is 0 Å². The molecule has 3 nitrogen and oxygen atoms in total. The van der Waals surface area contributed by atoms with E-state index >= 15 is 0 Å². The Kier molecular flexibility index (Phi) is 4.70. The van der Waals surface area contributed by atoms with E-state index in [1.165, 1.54) is 6.42 Å². The summed E-state index contributed by atoms with van der Waals surface area (Å²) in [6.45, 7) is 3.13. The molecule has 0 bridgehead atoms. The summed E-state index contributed by atoms with van der Waals surface area (Å²) in [6, 6.07) is 2.03. The molecule has 0 aromatic carbocycles. The van der Waals surface area contributed by atoms with Crippen LogP contribution in [0.3, 0.4) is 0 Å². The molecule has 2 rings (SSSR count). The molecule has 100 valence electrons. The van der Waals surface area contributed by atoms with Crippen LogP contribution in [0.1, 0.15) is 16.1 Å². The third kappa shape index (κ3) is 3.08. The van der Waals surface area contributed by atoms with Gasteiger partial charge in [0.15, 0.2) is 0 Å². The van der Waals surface area contributed by atoms with Gasteiger partial charge in [0.05, 0.1) is 0 Å². The molecule has 1 saturated heterocycles. The van der Waals surface area contributed by atoms with Gasteiger partial charge in [0, 0.05) is 25.0 Å². The van der Waals surface area contributed by atoms with Crippen molar-refractivity contribution in [3.8, 4) is 0 Å². The van der Waals surface area contributed by atoms with Gasteiger partial charge in [-0.3, -0.25) is 4.79 Å². The molecule has 0 saturated carbocycles. The van der Waals surface area contributed by atoms with E-state index in [1.807, 2.05) is 29.6 Å². The fourth-order valence-electron chi connectivity index (χ4n) is 2.43. The Morgan fingerprint density at radius 1 is 1.67 bits per heavy atom. The Morgan fingerprint density at radius 2 is 2.44 bits per heavy atom. The van der Waals surface area contributed by atoms with Crippen LogP contribution in [-0.2, 0) is 0 Å². The minimum atomic E-state index is 0.170. The standard InChI is InChI=1S/C13H20N2OS2/c1-14-6-4-10(8-14)9-15(2)13(16)12-11(17-3)5-7-18-12/h5,7,10H,4,6,8-9H2,1-3H3. The van der Waals surface area contributed by atoms with Gasteiger partial charge >= 0.3 is 0 Å². The van der Waals surface area contributed by atoms with Crippen LogP contribution in [0.4, 0.5) is 0 Å². The maximum atomic E-state index is 12.4. The van der Waals surface area contributed by atoms with Gasteiger partial charge in [-0.15, -0.1) is 23.1 Å². The van der Waals surface area contributed by atoms with Gasteiger partial charge in [0.2, 0.25) is 0 Å². The molecule has 0 radical (unpaired) electrons. The molecule has 2 heterocycles. The Hall–Kier alpha value is -0.520. The lowest BCUT2D eigenvalue weighted by atomic mass is 10.1. The first-order chi connectivity index (χ1) is 8.61. The predicted molar refractivity (Wildman–Crippen MR) is 78.7 cm³/mol. The lowest BCUT2D eigenvalue weighted by Gasteiger charge is -2.21. The van der Waals surface area contributed by atoms with Crippen LogP contribution < -0.4 is 0 Å². The number of carbonyl (C=O) groups excluding carboxylic acids is 1. The first-order valence-corrected chi connectivity index (χ1v) is 8.27. The van der Waals surface area contributed by atoms with Gasteiger partial charge in [-0.05, 0) is 43.6 Å². The highest BCUT2D eigenvalue weighted by Crippen LogP contribution is 2.27. The van der Waals surface area contributed by atoms with Crippen molar-refractivity contribution in [3.63, 3.8) is 0 Å². The second-order valence-corrected chi connectivity index (χ2v) is 6.68. The topological polar surface area (TPSA) is 23.6 Å². The summed E-state index contributed by atoms with van der Waals surface area (Å²) in [5.41, 5.74) is 0. The Bertz CT molecular complexity index is 419. The fourth-order valence-corrected chi connectivity index (χ4v) is 4.17. The zero-order valence-corrected chi connectivity index (χ0v) is 12.8. The smallest absolute Gasteiger partial charge is 0.264 e. The van der Waals surface area contributed by atoms with Gasteiger partial charge in [-0.1, -0.05) is 0 Å². The molecule has 0 N–H and O–H groups in total. The van der Waals surface area contributed by atoms with E-state index < -0.39 is 0 Å². The van der Waals surface area contributed by atoms with Gasteiger partial charge in [-0.2, -0.15) is 0 Å². The van der Waals surface area contributed by atoms with Gasteiger partial charge < -0.3 is 9.80 Å². The summed E-state index contributed by atoms with van der Waals surface area (Å²) in [5, 5.41) is 2.00. The molecule has 1 unspecified atom stereocenters. The van der Waals surface area contributed by atoms with Gasteiger partial charge in [0.1, 0.15) is 4.88 Å². The van der Waals surface area contributed by atoms with Crippen LogP contribution in [-0.4, -0.2) is 55.7 Å². The van der Waals surface area contributed by atoms with Crippen molar-refractivity contribution in [2.45, 2.75) is 11.3 Å². The summed E-state index contributed by atoms with van der Waals surface area (Å²) in [6.07, 6.45) is 3.22. The van der Waals surface area contributed by atoms with Crippen molar-refractivity contribution in [2.24, 2.45) is 5.92 Å². The number of rotatable bonds is 4. The van der Waals surface area contributed by atoms with E-state index in [4.69, 9.17) is 0 Å². The van der Waals surface area contributed by atoms with E-state index in [0.717, 1.165) is 29.4 Å². The number of thioether (sulfide) groups is 1. The first kappa shape index (κ1) is 13.9. The lowest BCUT2D eigenvalue weighted by molar-refractivity contribution is 0.0776. The molecular weight excluding hydrogens is 264 g/mol. The Morgan fingerprint density at radius 3 is 3.06 bits per heavy atom. The zero-order chi connectivity index (χ0) is 13.1. The van der Waals surface area contributed by atoms with E-state index in [1.54, 1.807) is 23.1 Å². The summed E-state index contributed by atoms with van der Waals surface area (Å²) >= 11 is 3.19. The third-order valence-corrected chi connectivity index (χ3v) is 5.22. The first-order valence-electron chi connectivity index (χ1n) is 6.17. The molecule has 18 heavy (non-hydrogen) atoms. The summed E-state index contributed by atoms with van der Waals surface area (Å²) in [7, 11) is 4.07. The minimum Gasteiger partial charge on any atom is -0.341 e. The highest BCUT2D eigenvalue weighted by atomic mass is 32.2. The zero-order valence-electron chi connectivity index (χ0n) is 11.2. The van der Waals surface area contributed by atoms with E-state index in [9.17, 15) is 4.79 Å². The Balaban J connectivity index is 1.96. The number of amides is 1. The number of hydrogen-bond donors (Lipinski definition) is 0. The van der Waals surface area contributed by atoms with Gasteiger partial charge in [0.25, 0.3) is 5.91 Å². The number of likely N-dealkylation sites (tertiary alicyclic amines) is 1. The van der Waals surface area contributed by atoms with Crippen LogP contribution in [0.2, 0.25) is 0 Å². The molecule has 0 aliphatic carbocycles. The maximum absolute atomic E-state index is 12.4. The summed E-state index contributed by atoms with van der Waals surface area (Å²) in [4.78, 5) is 18.6. The maximum Gasteiger partial charge on any atom is 0.264 e. The van der Waals surface area contributed by atoms with Crippen molar-refractivity contribution in [2.75, 3.05) is 40.0 Å². The molecular formula is C13H20N2OS2. The van der Waals surface area contributed by atoms with Crippen LogP contribution >= 0.6 is 23.1 Å². The molecule has 1 aliphatic heterocycles. The average molecular weight is 284 g/mol. The van der Waals surface area contributed by atoms with E-state index in [-0.39, 0.29) is 5.91 Å². The van der Waals surface area contributed by atoms with Crippen molar-refractivity contribution >= 4 is 29.0 Å². The number of carbonyl (C=O) groups is 1. The second kappa shape index (κ2) is 6.08. The van der Waals surface area contributed by atoms with Crippen LogP contribution in [0, 0.1) is 5.92 Å². The van der Waals surface area contributed by atoms with Crippen LogP contribution in [0.15, 0.2) is 16.3 Å². The molecule has 0 spiro atoms. The van der Waals surface area contributed by atoms with Crippen molar-refractivity contribution in [3.05, 3.63) is 16.3 Å². The summed E-state index contributed by atoms with van der Waals surface area (Å²) < 4.78 is 0. The minimum absolute atomic E-state index is 0.170. The SMILES string of the molecule is CSc1ccsc1C(=O)N(C)CC1CCN(C)C1. The number of nitrogens with zero attached hydrogens (tertiary/aromatic N) is 2. The highest BCUT2D eigenvalue weighted by molar-refractivity contribution is 7.98. The van der Waals surface area contributed by atoms with E-state index in [2.05, 4.69) is 11.9 Å². The molecule has 1 fully saturated rings. The van der Waals surface area contributed by atoms with Crippen molar-refractivity contribution < 1.29 is 4.79 Å². The normalized spacial score (nSPS) is 20.3. The highest BCUT2D eigenvalue weighted by Gasteiger charge is 2.24.